The smallest absolute Gasteiger partial charge is 0.405 e. The Morgan fingerprint density at radius 3 is 2.08 bits per heavy atom. The fourth-order valence-corrected chi connectivity index (χ4v) is 0.823. The van der Waals surface area contributed by atoms with Gasteiger partial charge in [-0.05, 0) is 5.92 Å². The Morgan fingerprint density at radius 1 is 1.33 bits per heavy atom. The van der Waals surface area contributed by atoms with Crippen molar-refractivity contribution < 1.29 is 14.7 Å². The summed E-state index contributed by atoms with van der Waals surface area (Å²) in [5.74, 6) is -0.367. The highest BCUT2D eigenvalue weighted by Gasteiger charge is 2.22. The number of likely N-dealkylation sites (N-methyl/N-ethyl adjacent to an activating group) is 1. The molecule has 0 spiro atoms. The van der Waals surface area contributed by atoms with Gasteiger partial charge in [-0.1, -0.05) is 13.8 Å². The first-order valence-electron chi connectivity index (χ1n) is 3.70. The van der Waals surface area contributed by atoms with E-state index in [1.807, 2.05) is 0 Å². The zero-order chi connectivity index (χ0) is 9.72. The van der Waals surface area contributed by atoms with Gasteiger partial charge in [0.15, 0.2) is 0 Å². The average Bonchev–Trinajstić information content (AvgIpc) is 1.98. The Balaban J connectivity index is 4.23. The van der Waals surface area contributed by atoms with Crippen LogP contribution in [0, 0.1) is 5.92 Å². The van der Waals surface area contributed by atoms with E-state index in [1.54, 1.807) is 13.8 Å². The van der Waals surface area contributed by atoms with Crippen molar-refractivity contribution in [3.63, 3.8) is 0 Å². The zero-order valence-corrected chi connectivity index (χ0v) is 7.42. The van der Waals surface area contributed by atoms with Crippen molar-refractivity contribution in [3.05, 3.63) is 0 Å². The molecule has 0 radical (unpaired) electrons. The highest BCUT2D eigenvalue weighted by molar-refractivity contribution is 5.85. The first-order valence-corrected chi connectivity index (χ1v) is 3.70. The summed E-state index contributed by atoms with van der Waals surface area (Å²) in [6.07, 6.45) is -1.18. The van der Waals surface area contributed by atoms with Gasteiger partial charge in [-0.25, -0.2) is 4.79 Å². The summed E-state index contributed by atoms with van der Waals surface area (Å²) in [4.78, 5) is 21.3. The number of amides is 2. The topological polar surface area (TPSA) is 78.4 Å². The molecule has 0 aromatic carbocycles. The highest BCUT2D eigenvalue weighted by atomic mass is 16.4. The van der Waals surface area contributed by atoms with Crippen LogP contribution >= 0.6 is 0 Å². The third kappa shape index (κ3) is 3.23. The van der Waals surface area contributed by atoms with Gasteiger partial charge in [-0.3, -0.25) is 4.79 Å². The number of hydrogen-bond donors (Lipinski definition) is 3. The van der Waals surface area contributed by atoms with Crippen LogP contribution < -0.4 is 10.6 Å². The van der Waals surface area contributed by atoms with E-state index in [0.29, 0.717) is 0 Å². The molecule has 5 heteroatoms. The quantitative estimate of drug-likeness (QED) is 0.564. The Labute approximate surface area is 71.1 Å². The van der Waals surface area contributed by atoms with Crippen LogP contribution in [0.1, 0.15) is 13.8 Å². The van der Waals surface area contributed by atoms with Crippen molar-refractivity contribution in [2.45, 2.75) is 19.9 Å². The van der Waals surface area contributed by atoms with Crippen LogP contribution in [0.2, 0.25) is 0 Å². The van der Waals surface area contributed by atoms with Crippen LogP contribution in [0.4, 0.5) is 4.79 Å². The molecule has 0 aromatic rings. The standard InChI is InChI=1S/C7H14N2O3/c1-4(2)5(6(10)8-3)9-7(11)12/h4-5,9H,1-3H3,(H,8,10)(H,11,12)/t5-/m0/s1. The van der Waals surface area contributed by atoms with Gasteiger partial charge < -0.3 is 15.7 Å². The molecule has 12 heavy (non-hydrogen) atoms. The Hall–Kier alpha value is -1.26. The monoisotopic (exact) mass is 174 g/mol. The predicted molar refractivity (Wildman–Crippen MR) is 43.9 cm³/mol. The summed E-state index contributed by atoms with van der Waals surface area (Å²) >= 11 is 0. The van der Waals surface area contributed by atoms with E-state index in [2.05, 4.69) is 10.6 Å². The van der Waals surface area contributed by atoms with Crippen LogP contribution in [-0.2, 0) is 4.79 Å². The molecule has 0 aromatic heterocycles. The SMILES string of the molecule is CNC(=O)[C@@H](NC(=O)O)C(C)C. The van der Waals surface area contributed by atoms with Crippen LogP contribution in [-0.4, -0.2) is 30.2 Å². The largest absolute Gasteiger partial charge is 0.465 e. The van der Waals surface area contributed by atoms with Crippen molar-refractivity contribution in [1.82, 2.24) is 10.6 Å². The van der Waals surface area contributed by atoms with Gasteiger partial charge in [0, 0.05) is 7.05 Å². The van der Waals surface area contributed by atoms with Crippen LogP contribution in [0.3, 0.4) is 0 Å². The predicted octanol–water partition coefficient (Wildman–Crippen LogP) is 0.0246. The summed E-state index contributed by atoms with van der Waals surface area (Å²) in [5, 5.41) is 12.9. The Bertz CT molecular complexity index is 179. The number of carbonyl (C=O) groups excluding carboxylic acids is 1. The molecule has 0 bridgehead atoms. The van der Waals surface area contributed by atoms with Crippen LogP contribution in [0.5, 0.6) is 0 Å². The summed E-state index contributed by atoms with van der Waals surface area (Å²) in [6.45, 7) is 3.55. The summed E-state index contributed by atoms with van der Waals surface area (Å²) in [7, 11) is 1.47. The van der Waals surface area contributed by atoms with E-state index in [4.69, 9.17) is 5.11 Å². The number of hydrogen-bond acceptors (Lipinski definition) is 2. The minimum absolute atomic E-state index is 0.0546. The van der Waals surface area contributed by atoms with E-state index < -0.39 is 12.1 Å². The lowest BCUT2D eigenvalue weighted by Crippen LogP contribution is -2.48. The van der Waals surface area contributed by atoms with Crippen molar-refractivity contribution in [2.24, 2.45) is 5.92 Å². The second-order valence-corrected chi connectivity index (χ2v) is 2.79. The van der Waals surface area contributed by atoms with Crippen molar-refractivity contribution in [3.8, 4) is 0 Å². The Morgan fingerprint density at radius 2 is 1.83 bits per heavy atom. The maximum absolute atomic E-state index is 11.1. The van der Waals surface area contributed by atoms with Gasteiger partial charge in [0.2, 0.25) is 5.91 Å². The normalized spacial score (nSPS) is 12.3. The van der Waals surface area contributed by atoms with E-state index in [1.165, 1.54) is 7.05 Å². The summed E-state index contributed by atoms with van der Waals surface area (Å²) in [5.41, 5.74) is 0. The number of rotatable bonds is 3. The molecule has 1 atom stereocenters. The number of nitrogens with one attached hydrogen (secondary N) is 2. The molecule has 0 unspecified atom stereocenters. The van der Waals surface area contributed by atoms with E-state index in [9.17, 15) is 9.59 Å². The maximum Gasteiger partial charge on any atom is 0.405 e. The van der Waals surface area contributed by atoms with Gasteiger partial charge in [-0.2, -0.15) is 0 Å². The molecule has 0 fully saturated rings. The minimum Gasteiger partial charge on any atom is -0.465 e. The molecule has 3 N–H and O–H groups in total. The molecule has 0 saturated heterocycles. The lowest BCUT2D eigenvalue weighted by Gasteiger charge is -2.18. The molecular formula is C7H14N2O3. The van der Waals surface area contributed by atoms with Crippen molar-refractivity contribution in [1.29, 1.82) is 0 Å². The van der Waals surface area contributed by atoms with Gasteiger partial charge >= 0.3 is 6.09 Å². The fourth-order valence-electron chi connectivity index (χ4n) is 0.823. The molecule has 0 heterocycles. The van der Waals surface area contributed by atoms with Gasteiger partial charge in [0.25, 0.3) is 0 Å². The van der Waals surface area contributed by atoms with E-state index >= 15 is 0 Å². The fraction of sp³-hybridized carbons (Fsp3) is 0.714. The van der Waals surface area contributed by atoms with Crippen molar-refractivity contribution >= 4 is 12.0 Å². The average molecular weight is 174 g/mol. The first kappa shape index (κ1) is 10.7. The second kappa shape index (κ2) is 4.58. The third-order valence-electron chi connectivity index (χ3n) is 1.47. The van der Waals surface area contributed by atoms with Gasteiger partial charge in [0.05, 0.1) is 0 Å². The molecule has 2 amide bonds. The molecule has 0 aliphatic carbocycles. The second-order valence-electron chi connectivity index (χ2n) is 2.79. The third-order valence-corrected chi connectivity index (χ3v) is 1.47. The zero-order valence-electron chi connectivity index (χ0n) is 7.42. The molecule has 70 valence electrons. The van der Waals surface area contributed by atoms with Crippen molar-refractivity contribution in [2.75, 3.05) is 7.05 Å². The summed E-state index contributed by atoms with van der Waals surface area (Å²) in [6, 6.07) is -0.674. The molecule has 0 rings (SSSR count). The van der Waals surface area contributed by atoms with Gasteiger partial charge in [0.1, 0.15) is 6.04 Å². The van der Waals surface area contributed by atoms with E-state index in [0.717, 1.165) is 0 Å². The lowest BCUT2D eigenvalue weighted by atomic mass is 10.0. The molecule has 0 aliphatic rings. The van der Waals surface area contributed by atoms with Crippen LogP contribution in [0.25, 0.3) is 0 Å². The molecule has 5 nitrogen and oxygen atoms in total. The van der Waals surface area contributed by atoms with Crippen LogP contribution in [0.15, 0.2) is 0 Å². The first-order chi connectivity index (χ1) is 5.49. The Kier molecular flexibility index (Phi) is 4.10. The molecular weight excluding hydrogens is 160 g/mol. The van der Waals surface area contributed by atoms with Gasteiger partial charge in [-0.15, -0.1) is 0 Å². The molecule has 0 aliphatic heterocycles. The molecule has 0 saturated carbocycles. The number of carbonyl (C=O) groups is 2. The lowest BCUT2D eigenvalue weighted by molar-refractivity contribution is -0.123. The summed E-state index contributed by atoms with van der Waals surface area (Å²) < 4.78 is 0. The van der Waals surface area contributed by atoms with E-state index in [-0.39, 0.29) is 11.8 Å². The number of carboxylic acid groups (broad SMARTS) is 1. The highest BCUT2D eigenvalue weighted by Crippen LogP contribution is 2.00. The maximum atomic E-state index is 11.1. The minimum atomic E-state index is -1.18.